The largest absolute Gasteiger partial charge is 0.481 e. The number of carboxylic acid groups (broad SMARTS) is 1. The van der Waals surface area contributed by atoms with Gasteiger partial charge >= 0.3 is 5.97 Å². The SMILES string of the molecule is Cc1nc(CN(CCCC(=O)O)C(C)C)cs1. The van der Waals surface area contributed by atoms with E-state index in [9.17, 15) is 4.79 Å². The van der Waals surface area contributed by atoms with E-state index in [4.69, 9.17) is 5.11 Å². The summed E-state index contributed by atoms with van der Waals surface area (Å²) in [6.45, 7) is 7.86. The average molecular weight is 256 g/mol. The number of hydrogen-bond acceptors (Lipinski definition) is 4. The summed E-state index contributed by atoms with van der Waals surface area (Å²) in [5.74, 6) is -0.724. The number of aromatic nitrogens is 1. The highest BCUT2D eigenvalue weighted by molar-refractivity contribution is 7.09. The second-order valence-electron chi connectivity index (χ2n) is 4.42. The highest BCUT2D eigenvalue weighted by Gasteiger charge is 2.12. The lowest BCUT2D eigenvalue weighted by Gasteiger charge is -2.25. The lowest BCUT2D eigenvalue weighted by Crippen LogP contribution is -2.31. The van der Waals surface area contributed by atoms with Crippen LogP contribution in [0.1, 0.15) is 37.4 Å². The predicted molar refractivity (Wildman–Crippen MR) is 69.3 cm³/mol. The summed E-state index contributed by atoms with van der Waals surface area (Å²) in [6.07, 6.45) is 0.927. The summed E-state index contributed by atoms with van der Waals surface area (Å²) in [5, 5.41) is 11.8. The first-order valence-corrected chi connectivity index (χ1v) is 6.74. The van der Waals surface area contributed by atoms with E-state index in [1.807, 2.05) is 6.92 Å². The number of nitrogens with zero attached hydrogens (tertiary/aromatic N) is 2. The van der Waals surface area contributed by atoms with E-state index in [2.05, 4.69) is 29.1 Å². The molecule has 0 amide bonds. The number of thiazole rings is 1. The minimum atomic E-state index is -0.724. The highest BCUT2D eigenvalue weighted by Crippen LogP contribution is 2.13. The molecule has 0 atom stereocenters. The fourth-order valence-electron chi connectivity index (χ4n) is 1.64. The molecule has 1 heterocycles. The molecule has 1 aromatic rings. The molecule has 0 fully saturated rings. The van der Waals surface area contributed by atoms with Gasteiger partial charge in [-0.1, -0.05) is 0 Å². The third-order valence-corrected chi connectivity index (χ3v) is 3.42. The highest BCUT2D eigenvalue weighted by atomic mass is 32.1. The van der Waals surface area contributed by atoms with Crippen LogP contribution >= 0.6 is 11.3 Å². The van der Waals surface area contributed by atoms with Crippen LogP contribution in [0.4, 0.5) is 0 Å². The maximum absolute atomic E-state index is 10.5. The van der Waals surface area contributed by atoms with Crippen molar-refractivity contribution in [2.24, 2.45) is 0 Å². The first kappa shape index (κ1) is 14.1. The number of hydrogen-bond donors (Lipinski definition) is 1. The van der Waals surface area contributed by atoms with Crippen molar-refractivity contribution in [1.29, 1.82) is 0 Å². The lowest BCUT2D eigenvalue weighted by atomic mass is 10.2. The molecule has 1 rings (SSSR count). The van der Waals surface area contributed by atoms with Crippen LogP contribution in [0.3, 0.4) is 0 Å². The molecule has 0 aromatic carbocycles. The van der Waals surface area contributed by atoms with Crippen molar-refractivity contribution in [2.45, 2.75) is 46.2 Å². The van der Waals surface area contributed by atoms with Gasteiger partial charge in [-0.3, -0.25) is 9.69 Å². The Labute approximate surface area is 106 Å². The van der Waals surface area contributed by atoms with Gasteiger partial charge < -0.3 is 5.11 Å². The van der Waals surface area contributed by atoms with E-state index in [1.165, 1.54) is 0 Å². The van der Waals surface area contributed by atoms with E-state index < -0.39 is 5.97 Å². The molecule has 0 aliphatic rings. The van der Waals surface area contributed by atoms with E-state index in [0.29, 0.717) is 12.5 Å². The Bertz CT molecular complexity index is 363. The zero-order valence-corrected chi connectivity index (χ0v) is 11.5. The van der Waals surface area contributed by atoms with Gasteiger partial charge in [0.05, 0.1) is 10.7 Å². The third kappa shape index (κ3) is 5.28. The Hall–Kier alpha value is -0.940. The molecule has 4 nitrogen and oxygen atoms in total. The molecule has 1 aromatic heterocycles. The fourth-order valence-corrected chi connectivity index (χ4v) is 2.25. The van der Waals surface area contributed by atoms with Crippen LogP contribution in [0.25, 0.3) is 0 Å². The Morgan fingerprint density at radius 1 is 1.59 bits per heavy atom. The second-order valence-corrected chi connectivity index (χ2v) is 5.48. The van der Waals surface area contributed by atoms with Crippen LogP contribution in [0, 0.1) is 6.92 Å². The van der Waals surface area contributed by atoms with Crippen LogP contribution < -0.4 is 0 Å². The standard InChI is InChI=1S/C12H20N2O2S/c1-9(2)14(6-4-5-12(15)16)7-11-8-17-10(3)13-11/h8-9H,4-7H2,1-3H3,(H,15,16). The minimum absolute atomic E-state index is 0.235. The molecule has 0 aliphatic carbocycles. The molecule has 0 unspecified atom stereocenters. The zero-order valence-electron chi connectivity index (χ0n) is 10.6. The summed E-state index contributed by atoms with van der Waals surface area (Å²) >= 11 is 1.65. The van der Waals surface area contributed by atoms with E-state index >= 15 is 0 Å². The topological polar surface area (TPSA) is 53.4 Å². The first-order valence-electron chi connectivity index (χ1n) is 5.86. The fraction of sp³-hybridized carbons (Fsp3) is 0.667. The maximum atomic E-state index is 10.5. The van der Waals surface area contributed by atoms with Gasteiger partial charge in [0.25, 0.3) is 0 Å². The van der Waals surface area contributed by atoms with Crippen LogP contribution in [-0.4, -0.2) is 33.5 Å². The van der Waals surface area contributed by atoms with Crippen molar-refractivity contribution >= 4 is 17.3 Å². The van der Waals surface area contributed by atoms with Crippen molar-refractivity contribution in [3.63, 3.8) is 0 Å². The molecule has 0 spiro atoms. The maximum Gasteiger partial charge on any atom is 0.303 e. The molecule has 0 bridgehead atoms. The van der Waals surface area contributed by atoms with Gasteiger partial charge in [0.2, 0.25) is 0 Å². The van der Waals surface area contributed by atoms with Gasteiger partial charge in [0.1, 0.15) is 0 Å². The van der Waals surface area contributed by atoms with E-state index in [0.717, 1.165) is 23.8 Å². The number of rotatable bonds is 7. The van der Waals surface area contributed by atoms with Crippen LogP contribution in [0.5, 0.6) is 0 Å². The number of carbonyl (C=O) groups is 1. The van der Waals surface area contributed by atoms with Gasteiger partial charge in [-0.05, 0) is 33.7 Å². The van der Waals surface area contributed by atoms with Crippen LogP contribution in [-0.2, 0) is 11.3 Å². The molecule has 17 heavy (non-hydrogen) atoms. The summed E-state index contributed by atoms with van der Waals surface area (Å²) in [5.41, 5.74) is 1.08. The van der Waals surface area contributed by atoms with Crippen molar-refractivity contribution in [2.75, 3.05) is 6.54 Å². The Morgan fingerprint density at radius 3 is 2.76 bits per heavy atom. The molecule has 96 valence electrons. The average Bonchev–Trinajstić information content (AvgIpc) is 2.62. The van der Waals surface area contributed by atoms with Crippen molar-refractivity contribution in [3.05, 3.63) is 16.1 Å². The summed E-state index contributed by atoms with van der Waals surface area (Å²) < 4.78 is 0. The molecular formula is C12H20N2O2S. The predicted octanol–water partition coefficient (Wildman–Crippen LogP) is 2.53. The Balaban J connectivity index is 2.46. The molecule has 1 N–H and O–H groups in total. The summed E-state index contributed by atoms with van der Waals surface area (Å²) in [7, 11) is 0. The molecule has 0 saturated carbocycles. The third-order valence-electron chi connectivity index (χ3n) is 2.60. The second kappa shape index (κ2) is 6.71. The van der Waals surface area contributed by atoms with Gasteiger partial charge in [-0.25, -0.2) is 4.98 Å². The van der Waals surface area contributed by atoms with Crippen LogP contribution in [0.15, 0.2) is 5.38 Å². The quantitative estimate of drug-likeness (QED) is 0.814. The van der Waals surface area contributed by atoms with E-state index in [-0.39, 0.29) is 6.42 Å². The van der Waals surface area contributed by atoms with Gasteiger partial charge in [-0.15, -0.1) is 11.3 Å². The van der Waals surface area contributed by atoms with Gasteiger partial charge in [-0.2, -0.15) is 0 Å². The monoisotopic (exact) mass is 256 g/mol. The molecule has 5 heteroatoms. The normalized spacial score (nSPS) is 11.4. The van der Waals surface area contributed by atoms with Gasteiger partial charge in [0.15, 0.2) is 0 Å². The van der Waals surface area contributed by atoms with Crippen LogP contribution in [0.2, 0.25) is 0 Å². The Kier molecular flexibility index (Phi) is 5.58. The van der Waals surface area contributed by atoms with E-state index in [1.54, 1.807) is 11.3 Å². The molecule has 0 aliphatic heterocycles. The summed E-state index contributed by atoms with van der Waals surface area (Å²) in [6, 6.07) is 0.408. The number of aliphatic carboxylic acids is 1. The number of carboxylic acids is 1. The number of aryl methyl sites for hydroxylation is 1. The molecule has 0 radical (unpaired) electrons. The first-order chi connectivity index (χ1) is 7.99. The Morgan fingerprint density at radius 2 is 2.29 bits per heavy atom. The van der Waals surface area contributed by atoms with Crippen molar-refractivity contribution in [3.8, 4) is 0 Å². The van der Waals surface area contributed by atoms with Crippen molar-refractivity contribution in [1.82, 2.24) is 9.88 Å². The molecular weight excluding hydrogens is 236 g/mol. The summed E-state index contributed by atoms with van der Waals surface area (Å²) in [4.78, 5) is 17.2. The van der Waals surface area contributed by atoms with Gasteiger partial charge in [0, 0.05) is 24.4 Å². The zero-order chi connectivity index (χ0) is 12.8. The molecule has 0 saturated heterocycles. The minimum Gasteiger partial charge on any atom is -0.481 e. The smallest absolute Gasteiger partial charge is 0.303 e. The van der Waals surface area contributed by atoms with Crippen molar-refractivity contribution < 1.29 is 9.90 Å². The lowest BCUT2D eigenvalue weighted by molar-refractivity contribution is -0.137.